The second-order valence-electron chi connectivity index (χ2n) is 4.73. The molecule has 0 amide bonds. The van der Waals surface area contributed by atoms with Gasteiger partial charge in [0.2, 0.25) is 0 Å². The monoisotopic (exact) mass is 227 g/mol. The molecule has 1 aliphatic rings. The van der Waals surface area contributed by atoms with Gasteiger partial charge in [0.1, 0.15) is 6.04 Å². The summed E-state index contributed by atoms with van der Waals surface area (Å²) < 4.78 is 4.91. The largest absolute Gasteiger partial charge is 0.468 e. The number of carbonyl (C=O) groups excluding carboxylic acids is 1. The quantitative estimate of drug-likeness (QED) is 0.708. The average Bonchev–Trinajstić information content (AvgIpc) is 2.81. The third-order valence-corrected chi connectivity index (χ3v) is 3.75. The molecule has 0 heterocycles. The Kier molecular flexibility index (Phi) is 5.81. The van der Waals surface area contributed by atoms with Gasteiger partial charge in [-0.25, -0.2) is 0 Å². The summed E-state index contributed by atoms with van der Waals surface area (Å²) in [5, 5.41) is 3.49. The topological polar surface area (TPSA) is 38.3 Å². The third-order valence-electron chi connectivity index (χ3n) is 3.75. The molecule has 1 atom stereocenters. The van der Waals surface area contributed by atoms with Crippen LogP contribution in [0.5, 0.6) is 0 Å². The van der Waals surface area contributed by atoms with E-state index < -0.39 is 0 Å². The Bertz CT molecular complexity index is 208. The van der Waals surface area contributed by atoms with Gasteiger partial charge in [-0.15, -0.1) is 0 Å². The van der Waals surface area contributed by atoms with Crippen LogP contribution in [0.4, 0.5) is 0 Å². The van der Waals surface area contributed by atoms with Crippen LogP contribution in [0.3, 0.4) is 0 Å². The fourth-order valence-electron chi connectivity index (χ4n) is 2.63. The van der Waals surface area contributed by atoms with E-state index in [0.717, 1.165) is 12.8 Å². The summed E-state index contributed by atoms with van der Waals surface area (Å²) in [6.45, 7) is 4.28. The molecular weight excluding hydrogens is 202 g/mol. The second kappa shape index (κ2) is 6.89. The number of hydrogen-bond donors (Lipinski definition) is 1. The Morgan fingerprint density at radius 3 is 2.31 bits per heavy atom. The van der Waals surface area contributed by atoms with Crippen molar-refractivity contribution in [3.63, 3.8) is 0 Å². The van der Waals surface area contributed by atoms with Crippen molar-refractivity contribution in [2.24, 2.45) is 5.92 Å². The van der Waals surface area contributed by atoms with Gasteiger partial charge in [-0.2, -0.15) is 0 Å². The van der Waals surface area contributed by atoms with Gasteiger partial charge >= 0.3 is 5.97 Å². The molecule has 0 aromatic heterocycles. The Balaban J connectivity index is 2.58. The van der Waals surface area contributed by atoms with Crippen LogP contribution in [0.15, 0.2) is 0 Å². The molecule has 94 valence electrons. The molecule has 1 fully saturated rings. The van der Waals surface area contributed by atoms with Gasteiger partial charge in [0, 0.05) is 6.04 Å². The zero-order valence-electron chi connectivity index (χ0n) is 10.8. The summed E-state index contributed by atoms with van der Waals surface area (Å²) in [7, 11) is 1.48. The molecule has 16 heavy (non-hydrogen) atoms. The normalized spacial score (nSPS) is 19.0. The Morgan fingerprint density at radius 2 is 1.88 bits per heavy atom. The van der Waals surface area contributed by atoms with Crippen molar-refractivity contribution in [2.75, 3.05) is 7.11 Å². The fourth-order valence-corrected chi connectivity index (χ4v) is 2.63. The maximum absolute atomic E-state index is 11.8. The molecule has 1 rings (SSSR count). The van der Waals surface area contributed by atoms with E-state index in [9.17, 15) is 4.79 Å². The van der Waals surface area contributed by atoms with E-state index in [1.807, 2.05) is 0 Å². The Labute approximate surface area is 98.9 Å². The lowest BCUT2D eigenvalue weighted by atomic mass is 9.93. The van der Waals surface area contributed by atoms with Crippen molar-refractivity contribution in [3.05, 3.63) is 0 Å². The van der Waals surface area contributed by atoms with E-state index in [1.54, 1.807) is 0 Å². The van der Waals surface area contributed by atoms with E-state index in [0.29, 0.717) is 12.0 Å². The molecule has 0 aromatic rings. The predicted octanol–water partition coefficient (Wildman–Crippen LogP) is 2.50. The molecule has 1 unspecified atom stereocenters. The average molecular weight is 227 g/mol. The number of rotatable bonds is 6. The summed E-state index contributed by atoms with van der Waals surface area (Å²) in [5.74, 6) is 0.300. The van der Waals surface area contributed by atoms with E-state index in [4.69, 9.17) is 4.74 Å². The Morgan fingerprint density at radius 1 is 1.31 bits per heavy atom. The predicted molar refractivity (Wildman–Crippen MR) is 65.3 cm³/mol. The van der Waals surface area contributed by atoms with Crippen molar-refractivity contribution in [1.29, 1.82) is 0 Å². The number of carbonyl (C=O) groups is 1. The molecule has 0 saturated heterocycles. The first-order valence-electron chi connectivity index (χ1n) is 6.56. The lowest BCUT2D eigenvalue weighted by Gasteiger charge is -2.27. The lowest BCUT2D eigenvalue weighted by molar-refractivity contribution is -0.145. The van der Waals surface area contributed by atoms with Crippen molar-refractivity contribution >= 4 is 5.97 Å². The second-order valence-corrected chi connectivity index (χ2v) is 4.73. The van der Waals surface area contributed by atoms with E-state index in [1.165, 1.54) is 32.8 Å². The van der Waals surface area contributed by atoms with Crippen LogP contribution in [0.25, 0.3) is 0 Å². The zero-order valence-corrected chi connectivity index (χ0v) is 10.8. The molecule has 0 aliphatic heterocycles. The number of ether oxygens (including phenoxy) is 1. The maximum Gasteiger partial charge on any atom is 0.323 e. The lowest BCUT2D eigenvalue weighted by Crippen LogP contribution is -2.47. The summed E-state index contributed by atoms with van der Waals surface area (Å²) in [4.78, 5) is 11.8. The van der Waals surface area contributed by atoms with Crippen LogP contribution in [0, 0.1) is 5.92 Å². The molecule has 1 N–H and O–H groups in total. The molecule has 0 aromatic carbocycles. The van der Waals surface area contributed by atoms with Crippen molar-refractivity contribution in [1.82, 2.24) is 5.32 Å². The van der Waals surface area contributed by atoms with Gasteiger partial charge in [-0.1, -0.05) is 39.5 Å². The number of hydrogen-bond acceptors (Lipinski definition) is 3. The fraction of sp³-hybridized carbons (Fsp3) is 0.923. The maximum atomic E-state index is 11.8. The summed E-state index contributed by atoms with van der Waals surface area (Å²) in [5.41, 5.74) is 0. The minimum atomic E-state index is -0.108. The molecule has 1 aliphatic carbocycles. The molecule has 3 heteroatoms. The minimum absolute atomic E-state index is 0.0967. The van der Waals surface area contributed by atoms with Gasteiger partial charge in [-0.05, 0) is 18.8 Å². The van der Waals surface area contributed by atoms with E-state index >= 15 is 0 Å². The van der Waals surface area contributed by atoms with Gasteiger partial charge in [0.25, 0.3) is 0 Å². The third kappa shape index (κ3) is 3.48. The van der Waals surface area contributed by atoms with Crippen molar-refractivity contribution < 1.29 is 9.53 Å². The SMILES string of the molecule is CCC(CC)C(NC1CCCC1)C(=O)OC. The highest BCUT2D eigenvalue weighted by Gasteiger charge is 2.29. The highest BCUT2D eigenvalue weighted by Crippen LogP contribution is 2.21. The van der Waals surface area contributed by atoms with E-state index in [-0.39, 0.29) is 12.0 Å². The smallest absolute Gasteiger partial charge is 0.323 e. The van der Waals surface area contributed by atoms with Gasteiger partial charge in [0.05, 0.1) is 7.11 Å². The highest BCUT2D eigenvalue weighted by molar-refractivity contribution is 5.76. The summed E-state index contributed by atoms with van der Waals surface area (Å²) in [6.07, 6.45) is 7.02. The van der Waals surface area contributed by atoms with Crippen molar-refractivity contribution in [2.45, 2.75) is 64.5 Å². The zero-order chi connectivity index (χ0) is 12.0. The van der Waals surface area contributed by atoms with Crippen LogP contribution < -0.4 is 5.32 Å². The first-order chi connectivity index (χ1) is 7.72. The first-order valence-corrected chi connectivity index (χ1v) is 6.56. The minimum Gasteiger partial charge on any atom is -0.468 e. The first kappa shape index (κ1) is 13.5. The van der Waals surface area contributed by atoms with Gasteiger partial charge < -0.3 is 10.1 Å². The molecule has 0 spiro atoms. The molecule has 1 saturated carbocycles. The van der Waals surface area contributed by atoms with Gasteiger partial charge in [-0.3, -0.25) is 4.79 Å². The van der Waals surface area contributed by atoms with Crippen LogP contribution in [-0.4, -0.2) is 25.2 Å². The summed E-state index contributed by atoms with van der Waals surface area (Å²) >= 11 is 0. The van der Waals surface area contributed by atoms with Crippen LogP contribution in [-0.2, 0) is 9.53 Å². The number of methoxy groups -OCH3 is 1. The Hall–Kier alpha value is -0.570. The van der Waals surface area contributed by atoms with Crippen LogP contribution >= 0.6 is 0 Å². The van der Waals surface area contributed by atoms with E-state index in [2.05, 4.69) is 19.2 Å². The van der Waals surface area contributed by atoms with Crippen molar-refractivity contribution in [3.8, 4) is 0 Å². The molecule has 0 bridgehead atoms. The number of esters is 1. The number of nitrogens with one attached hydrogen (secondary N) is 1. The van der Waals surface area contributed by atoms with Crippen LogP contribution in [0.2, 0.25) is 0 Å². The molecule has 0 radical (unpaired) electrons. The molecule has 3 nitrogen and oxygen atoms in total. The molecular formula is C13H25NO2. The standard InChI is InChI=1S/C13H25NO2/c1-4-10(5-2)12(13(15)16-3)14-11-8-6-7-9-11/h10-12,14H,4-9H2,1-3H3. The summed E-state index contributed by atoms with van der Waals surface area (Å²) in [6, 6.07) is 0.410. The van der Waals surface area contributed by atoms with Crippen LogP contribution in [0.1, 0.15) is 52.4 Å². The van der Waals surface area contributed by atoms with Gasteiger partial charge in [0.15, 0.2) is 0 Å². The highest BCUT2D eigenvalue weighted by atomic mass is 16.5.